The average molecular weight is 328 g/mol. The second-order valence-electron chi connectivity index (χ2n) is 5.33. The third-order valence-electron chi connectivity index (χ3n) is 3.57. The number of carbonyl (C=O) groups excluding carboxylic acids is 1. The lowest BCUT2D eigenvalue weighted by Crippen LogP contribution is -2.17. The summed E-state index contributed by atoms with van der Waals surface area (Å²) in [5.74, 6) is 2.80. The Morgan fingerprint density at radius 3 is 2.76 bits per heavy atom. The van der Waals surface area contributed by atoms with Crippen LogP contribution in [0.5, 0.6) is 5.75 Å². The Morgan fingerprint density at radius 2 is 1.92 bits per heavy atom. The first-order valence-corrected chi connectivity index (χ1v) is 7.75. The van der Waals surface area contributed by atoms with E-state index in [4.69, 9.17) is 11.2 Å². The third kappa shape index (κ3) is 4.24. The predicted molar refractivity (Wildman–Crippen MR) is 99.8 cm³/mol. The molecular weight excluding hydrogens is 312 g/mol. The van der Waals surface area contributed by atoms with Crippen molar-refractivity contribution in [2.75, 3.05) is 6.61 Å². The number of fused-ring (bicyclic) bond motifs is 1. The minimum Gasteiger partial charge on any atom is -0.481 e. The van der Waals surface area contributed by atoms with E-state index in [2.05, 4.69) is 16.4 Å². The summed E-state index contributed by atoms with van der Waals surface area (Å²) >= 11 is 0. The molecule has 4 nitrogen and oxygen atoms in total. The SMILES string of the molecule is C#CCOc1cccc(/C=N\NC(=O)c2ccc3ccccc3c2)c1. The number of amides is 1. The van der Waals surface area contributed by atoms with Crippen LogP contribution in [0, 0.1) is 12.3 Å². The Morgan fingerprint density at radius 1 is 1.08 bits per heavy atom. The van der Waals surface area contributed by atoms with Crippen molar-refractivity contribution in [3.05, 3.63) is 77.9 Å². The van der Waals surface area contributed by atoms with Crippen LogP contribution in [0.1, 0.15) is 15.9 Å². The molecule has 0 bridgehead atoms. The zero-order valence-electron chi connectivity index (χ0n) is 13.5. The van der Waals surface area contributed by atoms with Gasteiger partial charge in [0.2, 0.25) is 0 Å². The summed E-state index contributed by atoms with van der Waals surface area (Å²) in [7, 11) is 0. The van der Waals surface area contributed by atoms with E-state index in [-0.39, 0.29) is 12.5 Å². The molecule has 0 spiro atoms. The van der Waals surface area contributed by atoms with Crippen molar-refractivity contribution in [3.63, 3.8) is 0 Å². The topological polar surface area (TPSA) is 50.7 Å². The largest absolute Gasteiger partial charge is 0.481 e. The Hall–Kier alpha value is -3.58. The zero-order valence-corrected chi connectivity index (χ0v) is 13.5. The van der Waals surface area contributed by atoms with Crippen LogP contribution >= 0.6 is 0 Å². The summed E-state index contributed by atoms with van der Waals surface area (Å²) in [5.41, 5.74) is 3.89. The van der Waals surface area contributed by atoms with Crippen molar-refractivity contribution in [2.45, 2.75) is 0 Å². The molecule has 4 heteroatoms. The molecule has 25 heavy (non-hydrogen) atoms. The molecule has 0 saturated carbocycles. The Kier molecular flexibility index (Phi) is 5.08. The lowest BCUT2D eigenvalue weighted by atomic mass is 10.1. The van der Waals surface area contributed by atoms with Gasteiger partial charge in [-0.1, -0.05) is 48.4 Å². The maximum Gasteiger partial charge on any atom is 0.271 e. The fourth-order valence-corrected chi connectivity index (χ4v) is 2.37. The molecule has 3 aromatic carbocycles. The van der Waals surface area contributed by atoms with Gasteiger partial charge in [-0.15, -0.1) is 6.42 Å². The van der Waals surface area contributed by atoms with Crippen molar-refractivity contribution < 1.29 is 9.53 Å². The molecule has 122 valence electrons. The number of hydrogen-bond donors (Lipinski definition) is 1. The van der Waals surface area contributed by atoms with E-state index in [1.54, 1.807) is 18.3 Å². The molecule has 0 unspecified atom stereocenters. The first kappa shape index (κ1) is 16.3. The fourth-order valence-electron chi connectivity index (χ4n) is 2.37. The van der Waals surface area contributed by atoms with Crippen molar-refractivity contribution in [1.29, 1.82) is 0 Å². The van der Waals surface area contributed by atoms with Gasteiger partial charge in [0.15, 0.2) is 0 Å². The predicted octanol–water partition coefficient (Wildman–Crippen LogP) is 3.62. The van der Waals surface area contributed by atoms with E-state index in [0.717, 1.165) is 16.3 Å². The highest BCUT2D eigenvalue weighted by Crippen LogP contribution is 2.15. The number of hydrogen-bond acceptors (Lipinski definition) is 3. The normalized spacial score (nSPS) is 10.5. The van der Waals surface area contributed by atoms with Crippen LogP contribution in [0.3, 0.4) is 0 Å². The lowest BCUT2D eigenvalue weighted by Gasteiger charge is -2.03. The number of carbonyl (C=O) groups is 1. The third-order valence-corrected chi connectivity index (χ3v) is 3.57. The van der Waals surface area contributed by atoms with Gasteiger partial charge in [0.05, 0.1) is 6.21 Å². The summed E-state index contributed by atoms with van der Waals surface area (Å²) in [5, 5.41) is 6.10. The molecular formula is C21H16N2O2. The summed E-state index contributed by atoms with van der Waals surface area (Å²) in [6.45, 7) is 0.208. The standard InChI is InChI=1S/C21H16N2O2/c1-2-12-25-20-9-5-6-16(13-20)15-22-23-21(24)19-11-10-17-7-3-4-8-18(17)14-19/h1,3-11,13-15H,12H2,(H,23,24)/b22-15-. The highest BCUT2D eigenvalue weighted by Gasteiger charge is 2.04. The Balaban J connectivity index is 1.66. The number of nitrogens with one attached hydrogen (secondary N) is 1. The van der Waals surface area contributed by atoms with E-state index in [1.165, 1.54) is 0 Å². The van der Waals surface area contributed by atoms with Gasteiger partial charge < -0.3 is 4.74 Å². The van der Waals surface area contributed by atoms with Gasteiger partial charge in [0.1, 0.15) is 12.4 Å². The first-order chi connectivity index (χ1) is 12.3. The van der Waals surface area contributed by atoms with Crippen LogP contribution in [0.15, 0.2) is 71.8 Å². The molecule has 3 aromatic rings. The van der Waals surface area contributed by atoms with Gasteiger partial charge in [-0.05, 0) is 40.6 Å². The van der Waals surface area contributed by atoms with Crippen molar-refractivity contribution in [1.82, 2.24) is 5.43 Å². The second-order valence-corrected chi connectivity index (χ2v) is 5.33. The minimum absolute atomic E-state index is 0.208. The fraction of sp³-hybridized carbons (Fsp3) is 0.0476. The van der Waals surface area contributed by atoms with E-state index in [1.807, 2.05) is 54.6 Å². The number of hydrazone groups is 1. The quantitative estimate of drug-likeness (QED) is 0.442. The number of rotatable bonds is 5. The molecule has 0 atom stereocenters. The maximum absolute atomic E-state index is 12.2. The molecule has 0 radical (unpaired) electrons. The monoisotopic (exact) mass is 328 g/mol. The van der Waals surface area contributed by atoms with Crippen LogP contribution in [0.25, 0.3) is 10.8 Å². The first-order valence-electron chi connectivity index (χ1n) is 7.75. The molecule has 0 aliphatic rings. The van der Waals surface area contributed by atoms with Gasteiger partial charge in [-0.3, -0.25) is 4.79 Å². The minimum atomic E-state index is -0.262. The molecule has 1 N–H and O–H groups in total. The molecule has 0 heterocycles. The highest BCUT2D eigenvalue weighted by atomic mass is 16.5. The number of ether oxygens (including phenoxy) is 1. The second kappa shape index (κ2) is 7.80. The number of benzene rings is 3. The molecule has 0 fully saturated rings. The van der Waals surface area contributed by atoms with E-state index in [9.17, 15) is 4.79 Å². The van der Waals surface area contributed by atoms with Crippen LogP contribution in [0.4, 0.5) is 0 Å². The average Bonchev–Trinajstić information content (AvgIpc) is 2.66. The van der Waals surface area contributed by atoms with Gasteiger partial charge in [0, 0.05) is 5.56 Å². The molecule has 0 aromatic heterocycles. The summed E-state index contributed by atoms with van der Waals surface area (Å²) in [6.07, 6.45) is 6.73. The molecule has 1 amide bonds. The van der Waals surface area contributed by atoms with Gasteiger partial charge in [-0.2, -0.15) is 5.10 Å². The van der Waals surface area contributed by atoms with Crippen LogP contribution in [0.2, 0.25) is 0 Å². The van der Waals surface area contributed by atoms with Crippen LogP contribution < -0.4 is 10.2 Å². The summed E-state index contributed by atoms with van der Waals surface area (Å²) in [4.78, 5) is 12.2. The van der Waals surface area contributed by atoms with Crippen LogP contribution in [-0.4, -0.2) is 18.7 Å². The van der Waals surface area contributed by atoms with E-state index < -0.39 is 0 Å². The van der Waals surface area contributed by atoms with Crippen molar-refractivity contribution in [3.8, 4) is 18.1 Å². The smallest absolute Gasteiger partial charge is 0.271 e. The lowest BCUT2D eigenvalue weighted by molar-refractivity contribution is 0.0955. The number of terminal acetylenes is 1. The highest BCUT2D eigenvalue weighted by molar-refractivity contribution is 5.98. The van der Waals surface area contributed by atoms with E-state index >= 15 is 0 Å². The van der Waals surface area contributed by atoms with E-state index in [0.29, 0.717) is 11.3 Å². The molecule has 0 saturated heterocycles. The molecule has 3 rings (SSSR count). The Labute approximate surface area is 146 Å². The van der Waals surface area contributed by atoms with Crippen molar-refractivity contribution >= 4 is 22.9 Å². The summed E-state index contributed by atoms with van der Waals surface area (Å²) < 4.78 is 5.35. The Bertz CT molecular complexity index is 971. The van der Waals surface area contributed by atoms with Gasteiger partial charge in [0.25, 0.3) is 5.91 Å². The van der Waals surface area contributed by atoms with Gasteiger partial charge >= 0.3 is 0 Å². The zero-order chi connectivity index (χ0) is 17.5. The van der Waals surface area contributed by atoms with Crippen LogP contribution in [-0.2, 0) is 0 Å². The molecule has 0 aliphatic carbocycles. The summed E-state index contributed by atoms with van der Waals surface area (Å²) in [6, 6.07) is 20.7. The molecule has 0 aliphatic heterocycles. The van der Waals surface area contributed by atoms with Gasteiger partial charge in [-0.25, -0.2) is 5.43 Å². The number of nitrogens with zero attached hydrogens (tertiary/aromatic N) is 1. The van der Waals surface area contributed by atoms with Crippen molar-refractivity contribution in [2.24, 2.45) is 5.10 Å². The maximum atomic E-state index is 12.2.